The van der Waals surface area contributed by atoms with Crippen LogP contribution in [0.15, 0.2) is 58.5 Å². The molecule has 0 bridgehead atoms. The zero-order valence-electron chi connectivity index (χ0n) is 17.6. The van der Waals surface area contributed by atoms with Gasteiger partial charge in [0.25, 0.3) is 0 Å². The molecule has 33 heavy (non-hydrogen) atoms. The number of hydrogen-bond acceptors (Lipinski definition) is 8. The van der Waals surface area contributed by atoms with Crippen molar-refractivity contribution in [1.82, 2.24) is 4.98 Å². The number of carbonyl (C=O) groups is 1. The number of cyclic esters (lactones) is 1. The number of aryl methyl sites for hydroxylation is 1. The second-order valence-electron chi connectivity index (χ2n) is 6.80. The number of esters is 1. The monoisotopic (exact) mass is 472 g/mol. The van der Waals surface area contributed by atoms with Gasteiger partial charge in [0.05, 0.1) is 17.8 Å². The Morgan fingerprint density at radius 2 is 2.03 bits per heavy atom. The fraction of sp³-hybridized carbons (Fsp3) is 0.174. The summed E-state index contributed by atoms with van der Waals surface area (Å²) < 4.78 is 45.7. The number of methoxy groups -OCH3 is 1. The minimum atomic E-state index is -2.96. The van der Waals surface area contributed by atoms with Crippen LogP contribution in [0, 0.1) is 6.92 Å². The quantitative estimate of drug-likeness (QED) is 0.340. The van der Waals surface area contributed by atoms with Gasteiger partial charge in [0, 0.05) is 10.9 Å². The molecule has 0 saturated carbocycles. The van der Waals surface area contributed by atoms with Crippen LogP contribution in [0.3, 0.4) is 0 Å². The van der Waals surface area contributed by atoms with Gasteiger partial charge in [-0.1, -0.05) is 12.1 Å². The van der Waals surface area contributed by atoms with Gasteiger partial charge in [-0.2, -0.15) is 8.78 Å². The van der Waals surface area contributed by atoms with Gasteiger partial charge in [0.2, 0.25) is 5.90 Å². The number of alkyl halides is 2. The van der Waals surface area contributed by atoms with Crippen LogP contribution < -0.4 is 14.2 Å². The first-order valence-corrected chi connectivity index (χ1v) is 10.6. The van der Waals surface area contributed by atoms with Crippen molar-refractivity contribution in [3.05, 3.63) is 75.4 Å². The third-order valence-electron chi connectivity index (χ3n) is 4.46. The summed E-state index contributed by atoms with van der Waals surface area (Å²) in [6, 6.07) is 10.9. The number of halogens is 2. The van der Waals surface area contributed by atoms with Crippen LogP contribution in [-0.2, 0) is 16.1 Å². The van der Waals surface area contributed by atoms with Crippen LogP contribution in [0.1, 0.15) is 21.8 Å². The molecule has 2 heterocycles. The Kier molecular flexibility index (Phi) is 6.64. The minimum Gasteiger partial charge on any atom is -0.493 e. The Labute approximate surface area is 191 Å². The van der Waals surface area contributed by atoms with Crippen molar-refractivity contribution < 1.29 is 32.5 Å². The van der Waals surface area contributed by atoms with E-state index in [2.05, 4.69) is 14.7 Å². The molecule has 0 fully saturated rings. The van der Waals surface area contributed by atoms with Gasteiger partial charge in [-0.05, 0) is 48.9 Å². The Bertz CT molecular complexity index is 1240. The summed E-state index contributed by atoms with van der Waals surface area (Å²) in [7, 11) is 1.51. The van der Waals surface area contributed by atoms with E-state index in [0.29, 0.717) is 29.2 Å². The molecule has 0 spiro atoms. The Balaban J connectivity index is 1.53. The lowest BCUT2D eigenvalue weighted by molar-refractivity contribution is -0.129. The van der Waals surface area contributed by atoms with Crippen molar-refractivity contribution in [3.8, 4) is 17.2 Å². The van der Waals surface area contributed by atoms with E-state index in [1.54, 1.807) is 35.6 Å². The molecule has 1 aliphatic heterocycles. The molecule has 10 heteroatoms. The second-order valence-corrected chi connectivity index (χ2v) is 7.86. The largest absolute Gasteiger partial charge is 0.493 e. The predicted octanol–water partition coefficient (Wildman–Crippen LogP) is 4.99. The number of nitrogens with zero attached hydrogens (tertiary/aromatic N) is 2. The fourth-order valence-electron chi connectivity index (χ4n) is 3.02. The fourth-order valence-corrected chi connectivity index (χ4v) is 3.61. The zero-order valence-corrected chi connectivity index (χ0v) is 18.4. The molecular formula is C23H18F2N2O5S. The third kappa shape index (κ3) is 5.53. The summed E-state index contributed by atoms with van der Waals surface area (Å²) in [5.41, 5.74) is 1.85. The van der Waals surface area contributed by atoms with E-state index in [-0.39, 0.29) is 17.3 Å². The summed E-state index contributed by atoms with van der Waals surface area (Å²) >= 11 is 1.54. The van der Waals surface area contributed by atoms with E-state index in [1.807, 2.05) is 12.3 Å². The lowest BCUT2D eigenvalue weighted by Crippen LogP contribution is -2.07. The number of rotatable bonds is 8. The zero-order chi connectivity index (χ0) is 23.4. The molecule has 170 valence electrons. The van der Waals surface area contributed by atoms with Crippen LogP contribution in [-0.4, -0.2) is 30.6 Å². The van der Waals surface area contributed by atoms with Crippen molar-refractivity contribution >= 4 is 29.3 Å². The second kappa shape index (κ2) is 9.78. The normalized spacial score (nSPS) is 14.4. The number of benzene rings is 2. The highest BCUT2D eigenvalue weighted by Gasteiger charge is 2.25. The van der Waals surface area contributed by atoms with Crippen molar-refractivity contribution in [2.75, 3.05) is 7.11 Å². The maximum Gasteiger partial charge on any atom is 0.387 e. The first-order chi connectivity index (χ1) is 15.9. The van der Waals surface area contributed by atoms with Crippen LogP contribution in [0.5, 0.6) is 17.2 Å². The number of aliphatic imine (C=N–C) groups is 1. The highest BCUT2D eigenvalue weighted by Crippen LogP contribution is 2.31. The van der Waals surface area contributed by atoms with Gasteiger partial charge in [0.1, 0.15) is 12.4 Å². The summed E-state index contributed by atoms with van der Waals surface area (Å²) in [6.45, 7) is -0.737. The molecule has 0 radical (unpaired) electrons. The van der Waals surface area contributed by atoms with E-state index >= 15 is 0 Å². The third-order valence-corrected chi connectivity index (χ3v) is 5.28. The predicted molar refractivity (Wildman–Crippen MR) is 118 cm³/mol. The maximum absolute atomic E-state index is 12.5. The van der Waals surface area contributed by atoms with E-state index in [9.17, 15) is 13.6 Å². The van der Waals surface area contributed by atoms with Gasteiger partial charge < -0.3 is 18.9 Å². The number of thiazole rings is 1. The van der Waals surface area contributed by atoms with Gasteiger partial charge in [-0.15, -0.1) is 11.3 Å². The molecule has 0 N–H and O–H groups in total. The highest BCUT2D eigenvalue weighted by molar-refractivity contribution is 7.09. The number of hydrogen-bond donors (Lipinski definition) is 0. The summed E-state index contributed by atoms with van der Waals surface area (Å²) in [5.74, 6) is 0.273. The highest BCUT2D eigenvalue weighted by atomic mass is 32.1. The topological polar surface area (TPSA) is 79.2 Å². The molecule has 1 aromatic heterocycles. The molecule has 3 aromatic rings. The lowest BCUT2D eigenvalue weighted by Gasteiger charge is -2.10. The Morgan fingerprint density at radius 3 is 2.76 bits per heavy atom. The summed E-state index contributed by atoms with van der Waals surface area (Å²) in [4.78, 5) is 20.8. The molecule has 1 aliphatic rings. The molecule has 0 atom stereocenters. The van der Waals surface area contributed by atoms with Gasteiger partial charge in [-0.25, -0.2) is 14.8 Å². The van der Waals surface area contributed by atoms with E-state index in [1.165, 1.54) is 31.4 Å². The first kappa shape index (κ1) is 22.4. The number of ether oxygens (including phenoxy) is 4. The molecule has 4 rings (SSSR count). The van der Waals surface area contributed by atoms with Crippen LogP contribution in [0.2, 0.25) is 0 Å². The molecule has 0 unspecified atom stereocenters. The van der Waals surface area contributed by atoms with Crippen molar-refractivity contribution in [1.29, 1.82) is 0 Å². The van der Waals surface area contributed by atoms with Gasteiger partial charge >= 0.3 is 12.6 Å². The maximum atomic E-state index is 12.5. The molecular weight excluding hydrogens is 454 g/mol. The summed E-state index contributed by atoms with van der Waals surface area (Å²) in [6.07, 6.45) is 1.53. The van der Waals surface area contributed by atoms with E-state index in [0.717, 1.165) is 10.7 Å². The first-order valence-electron chi connectivity index (χ1n) is 9.71. The number of carbonyl (C=O) groups excluding carboxylic acids is 1. The number of aromatic nitrogens is 1. The van der Waals surface area contributed by atoms with Crippen molar-refractivity contribution in [2.45, 2.75) is 20.1 Å². The summed E-state index contributed by atoms with van der Waals surface area (Å²) in [5, 5.41) is 2.89. The average Bonchev–Trinajstić information content (AvgIpc) is 3.37. The molecule has 0 aliphatic carbocycles. The molecule has 7 nitrogen and oxygen atoms in total. The van der Waals surface area contributed by atoms with Gasteiger partial charge in [0.15, 0.2) is 17.2 Å². The Hall–Kier alpha value is -3.79. The minimum absolute atomic E-state index is 0.00330. The van der Waals surface area contributed by atoms with E-state index < -0.39 is 12.6 Å². The van der Waals surface area contributed by atoms with Crippen LogP contribution >= 0.6 is 11.3 Å². The smallest absolute Gasteiger partial charge is 0.387 e. The SMILES string of the molecule is COc1cc(C=C2N=C(c3cccc(OC(F)F)c3)OC2=O)ccc1OCc1csc(C)n1. The van der Waals surface area contributed by atoms with Gasteiger partial charge in [-0.3, -0.25) is 0 Å². The average molecular weight is 472 g/mol. The van der Waals surface area contributed by atoms with E-state index in [4.69, 9.17) is 14.2 Å². The molecule has 0 saturated heterocycles. The lowest BCUT2D eigenvalue weighted by atomic mass is 10.1. The van der Waals surface area contributed by atoms with Crippen LogP contribution in [0.4, 0.5) is 8.78 Å². The van der Waals surface area contributed by atoms with Crippen molar-refractivity contribution in [3.63, 3.8) is 0 Å². The standard InChI is InChI=1S/C23H18F2N2O5S/c1-13-26-16(12-33-13)11-30-19-7-6-14(9-20(19)29-2)8-18-22(28)32-21(27-18)15-4-3-5-17(10-15)31-23(24)25/h3-10,12,23H,11H2,1-2H3. The van der Waals surface area contributed by atoms with Crippen LogP contribution in [0.25, 0.3) is 6.08 Å². The van der Waals surface area contributed by atoms with Crippen molar-refractivity contribution in [2.24, 2.45) is 4.99 Å². The molecule has 2 aromatic carbocycles. The Morgan fingerprint density at radius 1 is 1.18 bits per heavy atom. The molecule has 0 amide bonds.